The highest BCUT2D eigenvalue weighted by molar-refractivity contribution is 9.10. The maximum atomic E-state index is 4.54. The van der Waals surface area contributed by atoms with Crippen LogP contribution in [0.2, 0.25) is 0 Å². The summed E-state index contributed by atoms with van der Waals surface area (Å²) in [6.07, 6.45) is 0. The molecular weight excluding hydrogens is 272 g/mol. The SMILES string of the molecule is CN(C)c1nc(-c2cccc(Br)c2)cs1. The quantitative estimate of drug-likeness (QED) is 0.836. The molecule has 1 heterocycles. The molecule has 2 nitrogen and oxygen atoms in total. The predicted molar refractivity (Wildman–Crippen MR) is 69.6 cm³/mol. The summed E-state index contributed by atoms with van der Waals surface area (Å²) in [5.41, 5.74) is 2.18. The third-order valence-electron chi connectivity index (χ3n) is 2.00. The minimum atomic E-state index is 1.03. The second kappa shape index (κ2) is 4.33. The van der Waals surface area contributed by atoms with Crippen LogP contribution in [0.3, 0.4) is 0 Å². The van der Waals surface area contributed by atoms with Gasteiger partial charge in [-0.1, -0.05) is 28.1 Å². The summed E-state index contributed by atoms with van der Waals surface area (Å²) in [5.74, 6) is 0. The van der Waals surface area contributed by atoms with Gasteiger partial charge in [-0.3, -0.25) is 0 Å². The topological polar surface area (TPSA) is 16.1 Å². The number of hydrogen-bond donors (Lipinski definition) is 0. The number of anilines is 1. The van der Waals surface area contributed by atoms with Crippen LogP contribution in [0.1, 0.15) is 0 Å². The highest BCUT2D eigenvalue weighted by Gasteiger charge is 2.05. The fourth-order valence-corrected chi connectivity index (χ4v) is 2.42. The fourth-order valence-electron chi connectivity index (χ4n) is 1.25. The lowest BCUT2D eigenvalue weighted by Crippen LogP contribution is -2.07. The molecule has 1 aromatic carbocycles. The van der Waals surface area contributed by atoms with Crippen molar-refractivity contribution in [2.45, 2.75) is 0 Å². The van der Waals surface area contributed by atoms with E-state index in [1.807, 2.05) is 31.1 Å². The summed E-state index contributed by atoms with van der Waals surface area (Å²) in [7, 11) is 4.01. The standard InChI is InChI=1S/C11H11BrN2S/c1-14(2)11-13-10(7-15-11)8-4-3-5-9(12)6-8/h3-7H,1-2H3. The number of nitrogens with zero attached hydrogens (tertiary/aromatic N) is 2. The molecule has 0 radical (unpaired) electrons. The summed E-state index contributed by atoms with van der Waals surface area (Å²) in [6, 6.07) is 8.19. The van der Waals surface area contributed by atoms with Crippen LogP contribution in [0, 0.1) is 0 Å². The maximum absolute atomic E-state index is 4.54. The first kappa shape index (κ1) is 10.6. The number of benzene rings is 1. The van der Waals surface area contributed by atoms with Crippen molar-refractivity contribution >= 4 is 32.4 Å². The van der Waals surface area contributed by atoms with Crippen LogP contribution in [0.25, 0.3) is 11.3 Å². The van der Waals surface area contributed by atoms with Crippen molar-refractivity contribution in [3.05, 3.63) is 34.1 Å². The molecule has 0 spiro atoms. The van der Waals surface area contributed by atoms with E-state index in [-0.39, 0.29) is 0 Å². The first-order valence-corrected chi connectivity index (χ1v) is 6.23. The van der Waals surface area contributed by atoms with Crippen molar-refractivity contribution in [3.8, 4) is 11.3 Å². The normalized spacial score (nSPS) is 10.3. The number of aromatic nitrogens is 1. The van der Waals surface area contributed by atoms with Crippen molar-refractivity contribution in [1.82, 2.24) is 4.98 Å². The summed E-state index contributed by atoms with van der Waals surface area (Å²) in [5, 5.41) is 3.11. The molecule has 0 saturated heterocycles. The molecule has 78 valence electrons. The van der Waals surface area contributed by atoms with E-state index in [1.165, 1.54) is 0 Å². The van der Waals surface area contributed by atoms with Gasteiger partial charge in [0.25, 0.3) is 0 Å². The van der Waals surface area contributed by atoms with E-state index in [4.69, 9.17) is 0 Å². The van der Waals surface area contributed by atoms with Crippen molar-refractivity contribution in [1.29, 1.82) is 0 Å². The van der Waals surface area contributed by atoms with Gasteiger partial charge in [0.15, 0.2) is 5.13 Å². The molecule has 2 rings (SSSR count). The molecule has 0 unspecified atom stereocenters. The van der Waals surface area contributed by atoms with Crippen LogP contribution < -0.4 is 4.90 Å². The van der Waals surface area contributed by atoms with Gasteiger partial charge in [0.2, 0.25) is 0 Å². The Morgan fingerprint density at radius 3 is 2.73 bits per heavy atom. The van der Waals surface area contributed by atoms with Gasteiger partial charge in [-0.2, -0.15) is 0 Å². The summed E-state index contributed by atoms with van der Waals surface area (Å²) >= 11 is 5.12. The van der Waals surface area contributed by atoms with Crippen LogP contribution in [0.15, 0.2) is 34.1 Å². The number of rotatable bonds is 2. The highest BCUT2D eigenvalue weighted by atomic mass is 79.9. The van der Waals surface area contributed by atoms with Crippen LogP contribution in [0.4, 0.5) is 5.13 Å². The van der Waals surface area contributed by atoms with Crippen molar-refractivity contribution in [2.75, 3.05) is 19.0 Å². The molecule has 0 aliphatic rings. The fraction of sp³-hybridized carbons (Fsp3) is 0.182. The Morgan fingerprint density at radius 2 is 2.13 bits per heavy atom. The zero-order chi connectivity index (χ0) is 10.8. The summed E-state index contributed by atoms with van der Waals surface area (Å²) in [6.45, 7) is 0. The van der Waals surface area contributed by atoms with E-state index >= 15 is 0 Å². The zero-order valence-corrected chi connectivity index (χ0v) is 11.0. The first-order valence-electron chi connectivity index (χ1n) is 4.55. The maximum Gasteiger partial charge on any atom is 0.185 e. The second-order valence-corrected chi connectivity index (χ2v) is 5.17. The number of hydrogen-bond acceptors (Lipinski definition) is 3. The number of thiazole rings is 1. The van der Waals surface area contributed by atoms with Gasteiger partial charge in [0.05, 0.1) is 5.69 Å². The third-order valence-corrected chi connectivity index (χ3v) is 3.50. The lowest BCUT2D eigenvalue weighted by molar-refractivity contribution is 1.11. The molecule has 0 aliphatic carbocycles. The molecule has 4 heteroatoms. The molecule has 0 saturated carbocycles. The minimum Gasteiger partial charge on any atom is -0.354 e. The van der Waals surface area contributed by atoms with Crippen molar-refractivity contribution in [3.63, 3.8) is 0 Å². The Kier molecular flexibility index (Phi) is 3.07. The average molecular weight is 283 g/mol. The average Bonchev–Trinajstić information content (AvgIpc) is 2.66. The monoisotopic (exact) mass is 282 g/mol. The number of halogens is 1. The van der Waals surface area contributed by atoms with Crippen molar-refractivity contribution < 1.29 is 0 Å². The Bertz CT molecular complexity index is 465. The van der Waals surface area contributed by atoms with Gasteiger partial charge in [0, 0.05) is 29.5 Å². The van der Waals surface area contributed by atoms with E-state index in [9.17, 15) is 0 Å². The molecule has 0 aliphatic heterocycles. The largest absolute Gasteiger partial charge is 0.354 e. The van der Waals surface area contributed by atoms with Crippen LogP contribution in [-0.2, 0) is 0 Å². The van der Waals surface area contributed by atoms with Gasteiger partial charge < -0.3 is 4.90 Å². The van der Waals surface area contributed by atoms with Gasteiger partial charge in [-0.15, -0.1) is 11.3 Å². The second-order valence-electron chi connectivity index (χ2n) is 3.42. The molecule has 0 fully saturated rings. The Labute approximate surface area is 102 Å². The van der Waals surface area contributed by atoms with E-state index in [2.05, 4.69) is 38.4 Å². The Morgan fingerprint density at radius 1 is 1.33 bits per heavy atom. The van der Waals surface area contributed by atoms with Gasteiger partial charge in [0.1, 0.15) is 0 Å². The summed E-state index contributed by atoms with van der Waals surface area (Å²) in [4.78, 5) is 6.56. The minimum absolute atomic E-state index is 1.03. The molecular formula is C11H11BrN2S. The molecule has 2 aromatic rings. The Hall–Kier alpha value is -0.870. The predicted octanol–water partition coefficient (Wildman–Crippen LogP) is 3.64. The highest BCUT2D eigenvalue weighted by Crippen LogP contribution is 2.27. The third kappa shape index (κ3) is 2.38. The van der Waals surface area contributed by atoms with Crippen LogP contribution in [0.5, 0.6) is 0 Å². The molecule has 0 bridgehead atoms. The molecule has 0 atom stereocenters. The van der Waals surface area contributed by atoms with E-state index in [1.54, 1.807) is 11.3 Å². The Balaban J connectivity index is 2.37. The van der Waals surface area contributed by atoms with E-state index in [0.717, 1.165) is 20.9 Å². The van der Waals surface area contributed by atoms with Crippen LogP contribution in [-0.4, -0.2) is 19.1 Å². The first-order chi connectivity index (χ1) is 7.16. The molecule has 15 heavy (non-hydrogen) atoms. The molecule has 0 amide bonds. The lowest BCUT2D eigenvalue weighted by Gasteiger charge is -2.05. The van der Waals surface area contributed by atoms with Crippen LogP contribution >= 0.6 is 27.3 Å². The zero-order valence-electron chi connectivity index (χ0n) is 8.57. The van der Waals surface area contributed by atoms with Gasteiger partial charge in [-0.25, -0.2) is 4.98 Å². The van der Waals surface area contributed by atoms with Gasteiger partial charge in [-0.05, 0) is 12.1 Å². The van der Waals surface area contributed by atoms with E-state index in [0.29, 0.717) is 0 Å². The molecule has 0 N–H and O–H groups in total. The van der Waals surface area contributed by atoms with Crippen molar-refractivity contribution in [2.24, 2.45) is 0 Å². The molecule has 1 aromatic heterocycles. The van der Waals surface area contributed by atoms with Gasteiger partial charge >= 0.3 is 0 Å². The lowest BCUT2D eigenvalue weighted by atomic mass is 10.2. The smallest absolute Gasteiger partial charge is 0.185 e. The summed E-state index contributed by atoms with van der Waals surface area (Å²) < 4.78 is 1.08. The van der Waals surface area contributed by atoms with E-state index < -0.39 is 0 Å².